The Morgan fingerprint density at radius 3 is 2.70 bits per heavy atom. The van der Waals surface area contributed by atoms with E-state index in [1.165, 1.54) is 9.25 Å². The van der Waals surface area contributed by atoms with Crippen molar-refractivity contribution in [3.05, 3.63) is 63.5 Å². The minimum Gasteiger partial charge on any atom is -0.246 e. The van der Waals surface area contributed by atoms with Crippen molar-refractivity contribution < 1.29 is 0 Å². The first-order valence-electron chi connectivity index (χ1n) is 6.88. The van der Waals surface area contributed by atoms with Gasteiger partial charge in [0.25, 0.3) is 0 Å². The number of benzene rings is 1. The highest BCUT2D eigenvalue weighted by atomic mass is 16.2. The monoisotopic (exact) mass is 271 g/mol. The van der Waals surface area contributed by atoms with Crippen LogP contribution in [-0.4, -0.2) is 14.3 Å². The van der Waals surface area contributed by atoms with Gasteiger partial charge in [0.1, 0.15) is 0 Å². The van der Waals surface area contributed by atoms with E-state index in [4.69, 9.17) is 0 Å². The summed E-state index contributed by atoms with van der Waals surface area (Å²) >= 11 is 0. The first-order valence-corrected chi connectivity index (χ1v) is 6.88. The third-order valence-electron chi connectivity index (χ3n) is 3.89. The summed E-state index contributed by atoms with van der Waals surface area (Å²) in [6.45, 7) is 2.09. The van der Waals surface area contributed by atoms with Crippen molar-refractivity contribution in [2.24, 2.45) is 5.92 Å². The second-order valence-corrected chi connectivity index (χ2v) is 5.04. The van der Waals surface area contributed by atoms with E-state index < -0.39 is 0 Å². The zero-order valence-corrected chi connectivity index (χ0v) is 11.3. The Balaban J connectivity index is 2.09. The molecule has 0 radical (unpaired) electrons. The number of para-hydroxylation sites is 1. The van der Waals surface area contributed by atoms with Gasteiger partial charge in [0.15, 0.2) is 0 Å². The van der Waals surface area contributed by atoms with Crippen LogP contribution in [0.4, 0.5) is 0 Å². The van der Waals surface area contributed by atoms with Crippen LogP contribution in [0.25, 0.3) is 5.69 Å². The van der Waals surface area contributed by atoms with Crippen LogP contribution in [0.15, 0.2) is 52.1 Å². The van der Waals surface area contributed by atoms with Crippen molar-refractivity contribution in [1.29, 1.82) is 0 Å². The van der Waals surface area contributed by atoms with Crippen LogP contribution in [-0.2, 0) is 0 Å². The number of allylic oxidation sites excluding steroid dienone is 2. The topological polar surface area (TPSA) is 59.8 Å². The van der Waals surface area contributed by atoms with E-state index in [0.29, 0.717) is 11.6 Å². The second kappa shape index (κ2) is 5.00. The average molecular weight is 271 g/mol. The lowest BCUT2D eigenvalue weighted by molar-refractivity contribution is 0.359. The lowest BCUT2D eigenvalue weighted by Gasteiger charge is -2.17. The van der Waals surface area contributed by atoms with Gasteiger partial charge in [-0.15, -0.1) is 0 Å². The first-order chi connectivity index (χ1) is 9.72. The number of hydrogen-bond donors (Lipinski definition) is 1. The predicted molar refractivity (Wildman–Crippen MR) is 77.2 cm³/mol. The number of rotatable bonds is 3. The molecule has 2 atom stereocenters. The van der Waals surface area contributed by atoms with Crippen molar-refractivity contribution in [2.45, 2.75) is 25.8 Å². The zero-order valence-electron chi connectivity index (χ0n) is 11.3. The molecular weight excluding hydrogens is 254 g/mol. The average Bonchev–Trinajstić information content (AvgIpc) is 3.04. The minimum absolute atomic E-state index is 0.0187. The van der Waals surface area contributed by atoms with Gasteiger partial charge in [0.05, 0.1) is 11.7 Å². The van der Waals surface area contributed by atoms with Gasteiger partial charge in [0.2, 0.25) is 0 Å². The number of aromatic amines is 1. The molecule has 1 heterocycles. The van der Waals surface area contributed by atoms with Crippen LogP contribution in [0.3, 0.4) is 0 Å². The molecule has 5 heteroatoms. The Labute approximate surface area is 116 Å². The Bertz CT molecular complexity index is 736. The van der Waals surface area contributed by atoms with Gasteiger partial charge in [-0.3, -0.25) is 0 Å². The van der Waals surface area contributed by atoms with Crippen LogP contribution >= 0.6 is 0 Å². The third-order valence-corrected chi connectivity index (χ3v) is 3.89. The Morgan fingerprint density at radius 1 is 1.25 bits per heavy atom. The molecule has 0 amide bonds. The normalized spacial score (nSPS) is 21.4. The summed E-state index contributed by atoms with van der Waals surface area (Å²) in [5, 5.41) is 2.69. The summed E-state index contributed by atoms with van der Waals surface area (Å²) in [5.41, 5.74) is -0.0900. The molecule has 1 aromatic carbocycles. The maximum absolute atomic E-state index is 12.5. The van der Waals surface area contributed by atoms with Crippen LogP contribution in [0, 0.1) is 5.92 Å². The molecule has 20 heavy (non-hydrogen) atoms. The van der Waals surface area contributed by atoms with Crippen molar-refractivity contribution in [1.82, 2.24) is 14.3 Å². The smallest absolute Gasteiger partial charge is 0.246 e. The molecule has 0 aliphatic heterocycles. The molecule has 5 nitrogen and oxygen atoms in total. The van der Waals surface area contributed by atoms with E-state index in [1.54, 1.807) is 12.1 Å². The Hall–Kier alpha value is -2.30. The molecule has 1 aromatic heterocycles. The lowest BCUT2D eigenvalue weighted by Crippen LogP contribution is -2.30. The maximum Gasteiger partial charge on any atom is 0.351 e. The summed E-state index contributed by atoms with van der Waals surface area (Å²) in [6.07, 6.45) is 5.93. The highest BCUT2D eigenvalue weighted by molar-refractivity contribution is 5.30. The summed E-state index contributed by atoms with van der Waals surface area (Å²) in [6, 6.07) is 9.00. The van der Waals surface area contributed by atoms with E-state index >= 15 is 0 Å². The number of nitrogens with zero attached hydrogens (tertiary/aromatic N) is 2. The molecule has 2 aromatic rings. The Kier molecular flexibility index (Phi) is 3.18. The molecule has 1 aliphatic carbocycles. The van der Waals surface area contributed by atoms with E-state index in [9.17, 15) is 9.59 Å². The number of hydrogen-bond acceptors (Lipinski definition) is 2. The van der Waals surface area contributed by atoms with Crippen LogP contribution in [0.1, 0.15) is 25.8 Å². The van der Waals surface area contributed by atoms with Crippen molar-refractivity contribution >= 4 is 0 Å². The molecular formula is C15H17N3O2. The molecule has 0 fully saturated rings. The fraction of sp³-hybridized carbons (Fsp3) is 0.333. The second-order valence-electron chi connectivity index (χ2n) is 5.04. The zero-order chi connectivity index (χ0) is 14.1. The van der Waals surface area contributed by atoms with Crippen LogP contribution in [0.5, 0.6) is 0 Å². The van der Waals surface area contributed by atoms with E-state index in [1.807, 2.05) is 18.2 Å². The van der Waals surface area contributed by atoms with Gasteiger partial charge in [0, 0.05) is 0 Å². The Morgan fingerprint density at radius 2 is 2.00 bits per heavy atom. The number of aromatic nitrogens is 3. The van der Waals surface area contributed by atoms with Crippen molar-refractivity contribution in [3.8, 4) is 5.69 Å². The number of H-pyrrole nitrogens is 1. The molecule has 0 saturated carbocycles. The quantitative estimate of drug-likeness (QED) is 0.866. The van der Waals surface area contributed by atoms with Crippen LogP contribution in [0.2, 0.25) is 0 Å². The SMILES string of the molecule is CC[C@H]1C=CC[C@@H]1n1[nH]c(=O)n(-c2ccccc2)c1=O. The summed E-state index contributed by atoms with van der Waals surface area (Å²) < 4.78 is 2.66. The molecule has 0 saturated heterocycles. The predicted octanol–water partition coefficient (Wildman–Crippen LogP) is 1.85. The van der Waals surface area contributed by atoms with Crippen molar-refractivity contribution in [2.75, 3.05) is 0 Å². The third kappa shape index (κ3) is 1.95. The van der Waals surface area contributed by atoms with E-state index in [0.717, 1.165) is 12.8 Å². The molecule has 1 N–H and O–H groups in total. The van der Waals surface area contributed by atoms with Gasteiger partial charge in [-0.1, -0.05) is 37.3 Å². The molecule has 104 valence electrons. The van der Waals surface area contributed by atoms with Gasteiger partial charge in [-0.05, 0) is 30.9 Å². The van der Waals surface area contributed by atoms with Gasteiger partial charge in [-0.2, -0.15) is 0 Å². The summed E-state index contributed by atoms with van der Waals surface area (Å²) in [5.74, 6) is 0.301. The standard InChI is InChI=1S/C15H17N3O2/c1-2-11-7-6-10-13(11)18-15(20)17(14(19)16-18)12-8-4-3-5-9-12/h3-9,11,13H,2,10H2,1H3,(H,16,19)/t11-,13-/m0/s1. The highest BCUT2D eigenvalue weighted by Crippen LogP contribution is 2.30. The van der Waals surface area contributed by atoms with E-state index in [2.05, 4.69) is 24.2 Å². The number of nitrogens with one attached hydrogen (secondary N) is 1. The molecule has 0 unspecified atom stereocenters. The first kappa shape index (κ1) is 12.7. The van der Waals surface area contributed by atoms with E-state index in [-0.39, 0.29) is 17.4 Å². The lowest BCUT2D eigenvalue weighted by atomic mass is 10.0. The van der Waals surface area contributed by atoms with Crippen LogP contribution < -0.4 is 11.4 Å². The van der Waals surface area contributed by atoms with Crippen molar-refractivity contribution in [3.63, 3.8) is 0 Å². The molecule has 0 spiro atoms. The summed E-state index contributed by atoms with van der Waals surface area (Å²) in [7, 11) is 0. The highest BCUT2D eigenvalue weighted by Gasteiger charge is 2.26. The van der Waals surface area contributed by atoms with Gasteiger partial charge < -0.3 is 0 Å². The fourth-order valence-corrected chi connectivity index (χ4v) is 2.83. The molecule has 0 bridgehead atoms. The largest absolute Gasteiger partial charge is 0.351 e. The molecule has 1 aliphatic rings. The van der Waals surface area contributed by atoms with Gasteiger partial charge in [-0.25, -0.2) is 23.9 Å². The summed E-state index contributed by atoms with van der Waals surface area (Å²) in [4.78, 5) is 24.6. The minimum atomic E-state index is -0.386. The fourth-order valence-electron chi connectivity index (χ4n) is 2.83. The maximum atomic E-state index is 12.5. The molecule has 3 rings (SSSR count). The van der Waals surface area contributed by atoms with Gasteiger partial charge >= 0.3 is 11.4 Å².